The van der Waals surface area contributed by atoms with Crippen LogP contribution in [-0.2, 0) is 10.1 Å². The van der Waals surface area contributed by atoms with Crippen molar-refractivity contribution in [2.24, 2.45) is 4.99 Å². The van der Waals surface area contributed by atoms with Crippen LogP contribution in [0.5, 0.6) is 11.5 Å². The van der Waals surface area contributed by atoms with Gasteiger partial charge in [-0.3, -0.25) is 4.99 Å². The fourth-order valence-electron chi connectivity index (χ4n) is 1.50. The molecule has 0 aromatic heterocycles. The molecule has 20 heavy (non-hydrogen) atoms. The minimum absolute atomic E-state index is 0.0602. The van der Waals surface area contributed by atoms with Crippen LogP contribution in [0.4, 0.5) is 0 Å². The Hall–Kier alpha value is -0.860. The Labute approximate surface area is 127 Å². The van der Waals surface area contributed by atoms with Crippen LogP contribution in [0.25, 0.3) is 0 Å². The Kier molecular flexibility index (Phi) is 5.62. The molecule has 2 rings (SSSR count). The number of hydrogen-bond acceptors (Lipinski definition) is 7. The average molecular weight is 333 g/mol. The first-order chi connectivity index (χ1) is 9.61. The molecule has 0 atom stereocenters. The average Bonchev–Trinajstić information content (AvgIpc) is 2.92. The van der Waals surface area contributed by atoms with E-state index in [1.165, 1.54) is 18.9 Å². The van der Waals surface area contributed by atoms with Gasteiger partial charge in [-0.1, -0.05) is 35.7 Å². The first kappa shape index (κ1) is 15.5. The predicted molar refractivity (Wildman–Crippen MR) is 84.6 cm³/mol. The van der Waals surface area contributed by atoms with Gasteiger partial charge in [0.15, 0.2) is 11.5 Å². The van der Waals surface area contributed by atoms with Gasteiger partial charge in [-0.05, 0) is 12.1 Å². The van der Waals surface area contributed by atoms with E-state index in [0.717, 1.165) is 16.7 Å². The second kappa shape index (κ2) is 7.24. The molecule has 0 radical (unpaired) electrons. The van der Waals surface area contributed by atoms with Crippen molar-refractivity contribution in [1.29, 1.82) is 0 Å². The second-order valence-corrected chi connectivity index (χ2v) is 7.96. The normalized spacial score (nSPS) is 14.9. The third-order valence-electron chi connectivity index (χ3n) is 2.40. The third-order valence-corrected chi connectivity index (χ3v) is 6.05. The molecule has 0 saturated heterocycles. The lowest BCUT2D eigenvalue weighted by molar-refractivity contribution is 0.391. The summed E-state index contributed by atoms with van der Waals surface area (Å²) in [5.74, 6) is 1.97. The van der Waals surface area contributed by atoms with E-state index in [0.29, 0.717) is 11.5 Å². The lowest BCUT2D eigenvalue weighted by atomic mass is 10.3. The highest BCUT2D eigenvalue weighted by Gasteiger charge is 2.17. The van der Waals surface area contributed by atoms with Gasteiger partial charge in [0.2, 0.25) is 0 Å². The first-order valence-electron chi connectivity index (χ1n) is 5.96. The van der Waals surface area contributed by atoms with Crippen molar-refractivity contribution in [3.8, 4) is 11.5 Å². The van der Waals surface area contributed by atoms with E-state index in [9.17, 15) is 8.42 Å². The van der Waals surface area contributed by atoms with E-state index in [4.69, 9.17) is 8.92 Å². The van der Waals surface area contributed by atoms with E-state index < -0.39 is 10.1 Å². The maximum absolute atomic E-state index is 11.9. The molecule has 110 valence electrons. The molecule has 5 nitrogen and oxygen atoms in total. The van der Waals surface area contributed by atoms with Crippen molar-refractivity contribution in [1.82, 2.24) is 0 Å². The van der Waals surface area contributed by atoms with Crippen molar-refractivity contribution >= 4 is 38.0 Å². The Bertz CT molecular complexity index is 586. The van der Waals surface area contributed by atoms with Gasteiger partial charge in [-0.25, -0.2) is 0 Å². The molecule has 0 aliphatic carbocycles. The number of rotatable bonds is 6. The minimum Gasteiger partial charge on any atom is -0.493 e. The predicted octanol–water partition coefficient (Wildman–Crippen LogP) is 2.24. The van der Waals surface area contributed by atoms with Gasteiger partial charge in [0.1, 0.15) is 4.38 Å². The summed E-state index contributed by atoms with van der Waals surface area (Å²) in [6, 6.07) is 6.68. The topological polar surface area (TPSA) is 65.0 Å². The van der Waals surface area contributed by atoms with Crippen LogP contribution >= 0.6 is 23.5 Å². The van der Waals surface area contributed by atoms with Crippen molar-refractivity contribution in [2.75, 3.05) is 30.9 Å². The number of aliphatic imine (C=N–C) groups is 1. The maximum Gasteiger partial charge on any atom is 0.310 e. The summed E-state index contributed by atoms with van der Waals surface area (Å²) < 4.78 is 34.9. The second-order valence-electron chi connectivity index (χ2n) is 3.84. The highest BCUT2D eigenvalue weighted by molar-refractivity contribution is 8.39. The Morgan fingerprint density at radius 1 is 1.35 bits per heavy atom. The number of methoxy groups -OCH3 is 1. The number of ether oxygens (including phenoxy) is 1. The number of benzene rings is 1. The summed E-state index contributed by atoms with van der Waals surface area (Å²) >= 11 is 3.11. The van der Waals surface area contributed by atoms with Crippen LogP contribution in [-0.4, -0.2) is 43.7 Å². The summed E-state index contributed by atoms with van der Waals surface area (Å²) in [5.41, 5.74) is 0. The molecule has 0 fully saturated rings. The standard InChI is InChI=1S/C12H15NO4S3/c1-16-10-4-2-3-5-11(10)17-20(14,15)9-8-19-12-13-6-7-18-12/h2-5H,6-9H2,1H3. The zero-order valence-electron chi connectivity index (χ0n) is 10.9. The highest BCUT2D eigenvalue weighted by Crippen LogP contribution is 2.28. The largest absolute Gasteiger partial charge is 0.493 e. The third kappa shape index (κ3) is 4.60. The van der Waals surface area contributed by atoms with Crippen molar-refractivity contribution in [3.05, 3.63) is 24.3 Å². The van der Waals surface area contributed by atoms with Crippen molar-refractivity contribution in [3.63, 3.8) is 0 Å². The number of nitrogens with zero attached hydrogens (tertiary/aromatic N) is 1. The molecule has 8 heteroatoms. The highest BCUT2D eigenvalue weighted by atomic mass is 32.2. The molecule has 0 bridgehead atoms. The number of hydrogen-bond donors (Lipinski definition) is 0. The van der Waals surface area contributed by atoms with E-state index >= 15 is 0 Å². The molecular weight excluding hydrogens is 318 g/mol. The number of para-hydroxylation sites is 2. The van der Waals surface area contributed by atoms with Crippen LogP contribution in [0.1, 0.15) is 0 Å². The fourth-order valence-corrected chi connectivity index (χ4v) is 4.87. The lowest BCUT2D eigenvalue weighted by Crippen LogP contribution is -2.16. The monoisotopic (exact) mass is 333 g/mol. The number of thioether (sulfide) groups is 2. The van der Waals surface area contributed by atoms with Crippen LogP contribution in [0, 0.1) is 0 Å². The molecule has 1 aliphatic rings. The van der Waals surface area contributed by atoms with Gasteiger partial charge in [-0.2, -0.15) is 8.42 Å². The SMILES string of the molecule is COc1ccccc1OS(=O)(=O)CCSC1=NCCS1. The van der Waals surface area contributed by atoms with Crippen LogP contribution in [0.15, 0.2) is 29.3 Å². The Morgan fingerprint density at radius 3 is 2.75 bits per heavy atom. The van der Waals surface area contributed by atoms with Gasteiger partial charge in [0.05, 0.1) is 19.4 Å². The molecular formula is C12H15NO4S3. The van der Waals surface area contributed by atoms with Crippen LogP contribution < -0.4 is 8.92 Å². The Morgan fingerprint density at radius 2 is 2.10 bits per heavy atom. The van der Waals surface area contributed by atoms with Gasteiger partial charge in [0, 0.05) is 11.5 Å². The smallest absolute Gasteiger partial charge is 0.310 e. The quantitative estimate of drug-likeness (QED) is 0.744. The summed E-state index contributed by atoms with van der Waals surface area (Å²) in [7, 11) is -2.15. The fraction of sp³-hybridized carbons (Fsp3) is 0.417. The summed E-state index contributed by atoms with van der Waals surface area (Å²) in [4.78, 5) is 4.25. The first-order valence-corrected chi connectivity index (χ1v) is 9.51. The van der Waals surface area contributed by atoms with Gasteiger partial charge in [-0.15, -0.1) is 0 Å². The van der Waals surface area contributed by atoms with E-state index in [1.807, 2.05) is 0 Å². The lowest BCUT2D eigenvalue weighted by Gasteiger charge is -2.10. The molecule has 1 heterocycles. The molecule has 0 saturated carbocycles. The van der Waals surface area contributed by atoms with E-state index in [-0.39, 0.29) is 11.5 Å². The maximum atomic E-state index is 11.9. The summed E-state index contributed by atoms with van der Waals surface area (Å²) in [6.07, 6.45) is 0. The van der Waals surface area contributed by atoms with E-state index in [2.05, 4.69) is 4.99 Å². The molecule has 0 N–H and O–H groups in total. The van der Waals surface area contributed by atoms with Gasteiger partial charge >= 0.3 is 10.1 Å². The van der Waals surface area contributed by atoms with Crippen molar-refractivity contribution in [2.45, 2.75) is 0 Å². The zero-order chi connectivity index (χ0) is 14.4. The van der Waals surface area contributed by atoms with Crippen molar-refractivity contribution < 1.29 is 17.3 Å². The van der Waals surface area contributed by atoms with Crippen LogP contribution in [0.3, 0.4) is 0 Å². The molecule has 1 aromatic rings. The summed E-state index contributed by atoms with van der Waals surface area (Å²) in [5, 5.41) is 0. The van der Waals surface area contributed by atoms with Gasteiger partial charge in [0.25, 0.3) is 0 Å². The molecule has 0 amide bonds. The minimum atomic E-state index is -3.62. The molecule has 0 spiro atoms. The Balaban J connectivity index is 1.90. The van der Waals surface area contributed by atoms with E-state index in [1.54, 1.807) is 36.0 Å². The molecule has 0 unspecified atom stereocenters. The summed E-state index contributed by atoms with van der Waals surface area (Å²) in [6.45, 7) is 0.817. The molecule has 1 aliphatic heterocycles. The van der Waals surface area contributed by atoms with Crippen LogP contribution in [0.2, 0.25) is 0 Å². The molecule has 1 aromatic carbocycles. The zero-order valence-corrected chi connectivity index (χ0v) is 13.4. The van der Waals surface area contributed by atoms with Gasteiger partial charge < -0.3 is 8.92 Å².